The van der Waals surface area contributed by atoms with Gasteiger partial charge in [0.1, 0.15) is 18.0 Å². The predicted octanol–water partition coefficient (Wildman–Crippen LogP) is 6.33. The second-order valence-corrected chi connectivity index (χ2v) is 17.7. The minimum atomic E-state index is -2.07. The van der Waals surface area contributed by atoms with Crippen molar-refractivity contribution in [2.75, 3.05) is 23.3 Å². The number of benzene rings is 2. The summed E-state index contributed by atoms with van der Waals surface area (Å²) in [5.41, 5.74) is 4.04. The molecular weight excluding hydrogens is 555 g/mol. The normalized spacial score (nSPS) is 16.3. The number of carbonyl (C=O) groups excluding carboxylic acids is 1. The second-order valence-electron chi connectivity index (χ2n) is 12.9. The predicted molar refractivity (Wildman–Crippen MR) is 173 cm³/mol. The Morgan fingerprint density at radius 3 is 2.56 bits per heavy atom. The molecule has 11 heteroatoms. The van der Waals surface area contributed by atoms with Crippen LogP contribution in [0.2, 0.25) is 18.1 Å². The number of hydrogen-bond donors (Lipinski definition) is 1. The molecule has 0 spiro atoms. The molecule has 1 N–H and O–H groups in total. The lowest BCUT2D eigenvalue weighted by molar-refractivity contribution is 0.219. The smallest absolute Gasteiger partial charge is 0.329 e. The average Bonchev–Trinajstić information content (AvgIpc) is 3.23. The SMILES string of the molecule is CC(C)Oc1ccc(C#N)cc1Nc1nccc(-c2cc(C#N)c3c(c2)[C@@](C)(CO[Si](C)(C)C(C)(C)C)CN3[B]C=O)n1. The van der Waals surface area contributed by atoms with Crippen molar-refractivity contribution in [1.29, 1.82) is 10.5 Å². The van der Waals surface area contributed by atoms with E-state index in [-0.39, 0.29) is 11.1 Å². The summed E-state index contributed by atoms with van der Waals surface area (Å²) in [6, 6.07) is 15.3. The summed E-state index contributed by atoms with van der Waals surface area (Å²) in [4.78, 5) is 22.6. The van der Waals surface area contributed by atoms with Gasteiger partial charge < -0.3 is 24.1 Å². The Bertz CT molecular complexity index is 1610. The van der Waals surface area contributed by atoms with Crippen molar-refractivity contribution in [3.63, 3.8) is 0 Å². The van der Waals surface area contributed by atoms with Gasteiger partial charge in [-0.1, -0.05) is 27.7 Å². The summed E-state index contributed by atoms with van der Waals surface area (Å²) in [5.74, 6) is 0.899. The van der Waals surface area contributed by atoms with Crippen LogP contribution in [0.1, 0.15) is 58.2 Å². The zero-order chi connectivity index (χ0) is 31.6. The van der Waals surface area contributed by atoms with Crippen LogP contribution in [0.3, 0.4) is 0 Å². The number of fused-ring (bicyclic) bond motifs is 1. The molecule has 221 valence electrons. The van der Waals surface area contributed by atoms with Crippen LogP contribution in [0.4, 0.5) is 17.3 Å². The van der Waals surface area contributed by atoms with E-state index in [4.69, 9.17) is 14.1 Å². The Morgan fingerprint density at radius 1 is 1.19 bits per heavy atom. The highest BCUT2D eigenvalue weighted by Crippen LogP contribution is 2.46. The summed E-state index contributed by atoms with van der Waals surface area (Å²) in [6.45, 7) is 18.0. The maximum absolute atomic E-state index is 11.6. The molecule has 1 aliphatic rings. The van der Waals surface area contributed by atoms with Gasteiger partial charge in [-0.15, -0.1) is 0 Å². The minimum Gasteiger partial charge on any atom is -0.489 e. The van der Waals surface area contributed by atoms with E-state index in [1.54, 1.807) is 36.5 Å². The number of carbonyl (C=O) groups is 1. The number of aromatic nitrogens is 2. The van der Waals surface area contributed by atoms with Crippen molar-refractivity contribution in [3.05, 3.63) is 59.3 Å². The summed E-state index contributed by atoms with van der Waals surface area (Å²) >= 11 is 0. The van der Waals surface area contributed by atoms with E-state index < -0.39 is 13.7 Å². The number of anilines is 3. The maximum atomic E-state index is 11.6. The van der Waals surface area contributed by atoms with Gasteiger partial charge in [0, 0.05) is 36.0 Å². The molecule has 2 aromatic carbocycles. The highest BCUT2D eigenvalue weighted by atomic mass is 28.4. The summed E-state index contributed by atoms with van der Waals surface area (Å²) in [7, 11) is -0.588. The van der Waals surface area contributed by atoms with Gasteiger partial charge in [0.25, 0.3) is 0 Å². The van der Waals surface area contributed by atoms with Gasteiger partial charge in [-0.25, -0.2) is 9.97 Å². The quantitative estimate of drug-likeness (QED) is 0.212. The second kappa shape index (κ2) is 12.2. The lowest BCUT2D eigenvalue weighted by Crippen LogP contribution is -2.46. The van der Waals surface area contributed by atoms with Crippen LogP contribution in [0.25, 0.3) is 11.3 Å². The standard InChI is InChI=1S/C32H38BN6O3Si/c1-21(2)42-28-10-9-22(16-34)13-27(28)38-30-36-12-11-26(37-30)23-14-24(17-35)29-25(15-23)32(6,18-39(29)33-20-40)19-41-43(7,8)31(3,4)5/h9-15,20-21H,18-19H2,1-8H3,(H,36,37,38)/t32-/m1/s1. The van der Waals surface area contributed by atoms with E-state index in [0.717, 1.165) is 23.0 Å². The first-order valence-electron chi connectivity index (χ1n) is 14.3. The molecule has 1 aromatic heterocycles. The molecule has 43 heavy (non-hydrogen) atoms. The molecule has 0 saturated heterocycles. The number of rotatable bonds is 10. The first kappa shape index (κ1) is 31.7. The van der Waals surface area contributed by atoms with E-state index in [2.05, 4.69) is 63.2 Å². The summed E-state index contributed by atoms with van der Waals surface area (Å²) in [6.07, 6.45) is 2.33. The van der Waals surface area contributed by atoms with Crippen molar-refractivity contribution in [2.45, 2.75) is 71.2 Å². The van der Waals surface area contributed by atoms with Gasteiger partial charge in [0.15, 0.2) is 8.32 Å². The molecule has 4 rings (SSSR count). The molecule has 9 nitrogen and oxygen atoms in total. The lowest BCUT2D eigenvalue weighted by atomic mass is 9.83. The van der Waals surface area contributed by atoms with Crippen LogP contribution in [0.15, 0.2) is 42.6 Å². The Kier molecular flexibility index (Phi) is 9.00. The molecule has 3 aromatic rings. The Hall–Kier alpha value is -4.19. The number of hydrogen-bond acceptors (Lipinski definition) is 9. The average molecular weight is 594 g/mol. The van der Waals surface area contributed by atoms with Crippen molar-refractivity contribution in [3.8, 4) is 29.1 Å². The van der Waals surface area contributed by atoms with Crippen LogP contribution >= 0.6 is 0 Å². The van der Waals surface area contributed by atoms with Crippen molar-refractivity contribution in [1.82, 2.24) is 9.97 Å². The van der Waals surface area contributed by atoms with Crippen molar-refractivity contribution >= 4 is 39.2 Å². The molecule has 2 heterocycles. The van der Waals surface area contributed by atoms with Gasteiger partial charge in [-0.2, -0.15) is 10.5 Å². The summed E-state index contributed by atoms with van der Waals surface area (Å²) in [5, 5.41) is 22.9. The van der Waals surface area contributed by atoms with E-state index in [1.807, 2.05) is 24.7 Å². The highest BCUT2D eigenvalue weighted by Gasteiger charge is 2.44. The third-order valence-corrected chi connectivity index (χ3v) is 12.6. The monoisotopic (exact) mass is 593 g/mol. The van der Waals surface area contributed by atoms with Crippen LogP contribution in [-0.4, -0.2) is 51.1 Å². The van der Waals surface area contributed by atoms with Gasteiger partial charge in [0.05, 0.1) is 34.7 Å². The third kappa shape index (κ3) is 6.74. The van der Waals surface area contributed by atoms with E-state index in [1.165, 1.54) is 7.41 Å². The highest BCUT2D eigenvalue weighted by molar-refractivity contribution is 6.74. The van der Waals surface area contributed by atoms with Crippen molar-refractivity contribution in [2.24, 2.45) is 0 Å². The minimum absolute atomic E-state index is 0.0380. The van der Waals surface area contributed by atoms with Gasteiger partial charge >= 0.3 is 7.41 Å². The fourth-order valence-corrected chi connectivity index (χ4v) is 5.92. The van der Waals surface area contributed by atoms with Gasteiger partial charge in [-0.05, 0) is 73.9 Å². The maximum Gasteiger partial charge on any atom is 0.329 e. The number of nitrogens with zero attached hydrogens (tertiary/aromatic N) is 5. The van der Waals surface area contributed by atoms with Gasteiger partial charge in [-0.3, -0.25) is 0 Å². The molecular formula is C32H38BN6O3Si. The molecule has 0 unspecified atom stereocenters. The van der Waals surface area contributed by atoms with E-state index in [9.17, 15) is 15.3 Å². The third-order valence-electron chi connectivity index (χ3n) is 8.15. The molecule has 1 atom stereocenters. The summed E-state index contributed by atoms with van der Waals surface area (Å²) < 4.78 is 12.6. The van der Waals surface area contributed by atoms with E-state index in [0.29, 0.717) is 47.4 Å². The van der Waals surface area contributed by atoms with Crippen LogP contribution in [0.5, 0.6) is 5.75 Å². The fourth-order valence-electron chi connectivity index (χ4n) is 4.81. The van der Waals surface area contributed by atoms with Gasteiger partial charge in [0.2, 0.25) is 5.95 Å². The number of nitriles is 2. The molecule has 0 fully saturated rings. The van der Waals surface area contributed by atoms with E-state index >= 15 is 0 Å². The zero-order valence-corrected chi connectivity index (χ0v) is 27.1. The molecule has 0 aliphatic carbocycles. The largest absolute Gasteiger partial charge is 0.489 e. The lowest BCUT2D eigenvalue weighted by Gasteiger charge is -2.39. The van der Waals surface area contributed by atoms with Crippen LogP contribution in [0, 0.1) is 22.7 Å². The molecule has 1 aliphatic heterocycles. The number of ether oxygens (including phenoxy) is 1. The van der Waals surface area contributed by atoms with Crippen molar-refractivity contribution < 1.29 is 14.0 Å². The zero-order valence-electron chi connectivity index (χ0n) is 26.1. The first-order chi connectivity index (χ1) is 20.2. The first-order valence-corrected chi connectivity index (χ1v) is 17.2. The molecule has 0 bridgehead atoms. The van der Waals surface area contributed by atoms with Crippen LogP contribution in [-0.2, 0) is 14.6 Å². The van der Waals surface area contributed by atoms with Crippen LogP contribution < -0.4 is 14.9 Å². The molecule has 0 saturated carbocycles. The fraction of sp³-hybridized carbons (Fsp3) is 0.406. The topological polar surface area (TPSA) is 124 Å². The molecule has 1 radical (unpaired) electrons. The molecule has 0 amide bonds. The Labute approximate surface area is 256 Å². The Morgan fingerprint density at radius 2 is 1.93 bits per heavy atom. The number of nitrogens with one attached hydrogen (secondary N) is 1. The Balaban J connectivity index is 1.76.